The Morgan fingerprint density at radius 1 is 1.39 bits per heavy atom. The zero-order valence-electron chi connectivity index (χ0n) is 11.3. The fourth-order valence-corrected chi connectivity index (χ4v) is 1.98. The summed E-state index contributed by atoms with van der Waals surface area (Å²) in [7, 11) is 4.11. The highest BCUT2D eigenvalue weighted by Crippen LogP contribution is 2.38. The van der Waals surface area contributed by atoms with E-state index in [1.807, 2.05) is 6.07 Å². The van der Waals surface area contributed by atoms with E-state index in [0.717, 1.165) is 18.2 Å². The Bertz CT molecular complexity index is 402. The molecule has 1 aromatic rings. The molecule has 0 amide bonds. The Kier molecular flexibility index (Phi) is 3.98. The Balaban J connectivity index is 2.08. The number of aromatic nitrogens is 2. The van der Waals surface area contributed by atoms with E-state index in [9.17, 15) is 0 Å². The van der Waals surface area contributed by atoms with Gasteiger partial charge in [-0.25, -0.2) is 15.8 Å². The van der Waals surface area contributed by atoms with Crippen LogP contribution in [0.15, 0.2) is 6.07 Å². The quantitative estimate of drug-likeness (QED) is 0.516. The zero-order valence-corrected chi connectivity index (χ0v) is 11.3. The predicted molar refractivity (Wildman–Crippen MR) is 73.5 cm³/mol. The van der Waals surface area contributed by atoms with E-state index >= 15 is 0 Å². The highest BCUT2D eigenvalue weighted by molar-refractivity contribution is 5.48. The van der Waals surface area contributed by atoms with Crippen molar-refractivity contribution in [1.29, 1.82) is 0 Å². The number of nitrogens with zero attached hydrogens (tertiary/aromatic N) is 3. The van der Waals surface area contributed by atoms with Crippen LogP contribution >= 0.6 is 0 Å². The van der Waals surface area contributed by atoms with E-state index in [-0.39, 0.29) is 0 Å². The monoisotopic (exact) mass is 250 g/mol. The van der Waals surface area contributed by atoms with E-state index in [1.54, 1.807) is 0 Å². The minimum absolute atomic E-state index is 0.326. The van der Waals surface area contributed by atoms with Crippen molar-refractivity contribution in [2.24, 2.45) is 5.84 Å². The van der Waals surface area contributed by atoms with Crippen LogP contribution in [0, 0.1) is 0 Å². The van der Waals surface area contributed by atoms with Crippen LogP contribution < -0.4 is 16.6 Å². The number of likely N-dealkylation sites (N-methyl/N-ethyl adjacent to an activating group) is 1. The van der Waals surface area contributed by atoms with Crippen molar-refractivity contribution in [3.8, 4) is 0 Å². The number of hydrogen-bond acceptors (Lipinski definition) is 6. The van der Waals surface area contributed by atoms with Crippen molar-refractivity contribution in [2.75, 3.05) is 31.4 Å². The van der Waals surface area contributed by atoms with Crippen LogP contribution in [0.1, 0.15) is 31.5 Å². The highest BCUT2D eigenvalue weighted by Gasteiger charge is 2.27. The van der Waals surface area contributed by atoms with Gasteiger partial charge in [-0.2, -0.15) is 0 Å². The van der Waals surface area contributed by atoms with Gasteiger partial charge in [-0.1, -0.05) is 0 Å². The third-order valence-corrected chi connectivity index (χ3v) is 2.87. The van der Waals surface area contributed by atoms with E-state index in [1.165, 1.54) is 12.8 Å². The summed E-state index contributed by atoms with van der Waals surface area (Å²) in [6.45, 7) is 3.09. The largest absolute Gasteiger partial charge is 0.366 e. The number of hydrazine groups is 1. The molecule has 1 aliphatic carbocycles. The van der Waals surface area contributed by atoms with Crippen LogP contribution in [-0.2, 0) is 0 Å². The van der Waals surface area contributed by atoms with Crippen molar-refractivity contribution in [3.63, 3.8) is 0 Å². The van der Waals surface area contributed by atoms with E-state index in [4.69, 9.17) is 5.84 Å². The molecule has 0 spiro atoms. The summed E-state index contributed by atoms with van der Waals surface area (Å²) in [6, 6.07) is 2.17. The fourth-order valence-electron chi connectivity index (χ4n) is 1.98. The van der Waals surface area contributed by atoms with Gasteiger partial charge in [-0.15, -0.1) is 0 Å². The molecule has 1 atom stereocenters. The van der Waals surface area contributed by atoms with Crippen LogP contribution in [0.2, 0.25) is 0 Å². The van der Waals surface area contributed by atoms with Gasteiger partial charge in [0.05, 0.1) is 0 Å². The van der Waals surface area contributed by atoms with Gasteiger partial charge in [0.25, 0.3) is 0 Å². The summed E-state index contributed by atoms with van der Waals surface area (Å²) in [4.78, 5) is 11.1. The maximum absolute atomic E-state index is 5.44. The fraction of sp³-hybridized carbons (Fsp3) is 0.667. The molecule has 100 valence electrons. The molecule has 6 heteroatoms. The molecular weight excluding hydrogens is 228 g/mol. The molecule has 1 aromatic heterocycles. The Hall–Kier alpha value is -1.40. The number of rotatable bonds is 6. The van der Waals surface area contributed by atoms with E-state index < -0.39 is 0 Å². The second kappa shape index (κ2) is 5.49. The first-order valence-electron chi connectivity index (χ1n) is 6.35. The molecule has 1 fully saturated rings. The molecule has 0 aromatic carbocycles. The lowest BCUT2D eigenvalue weighted by molar-refractivity contribution is 0.392. The summed E-state index contributed by atoms with van der Waals surface area (Å²) in [5, 5.41) is 3.38. The summed E-state index contributed by atoms with van der Waals surface area (Å²) >= 11 is 0. The van der Waals surface area contributed by atoms with E-state index in [0.29, 0.717) is 17.8 Å². The smallest absolute Gasteiger partial charge is 0.145 e. The first-order chi connectivity index (χ1) is 8.58. The van der Waals surface area contributed by atoms with Gasteiger partial charge < -0.3 is 15.6 Å². The summed E-state index contributed by atoms with van der Waals surface area (Å²) in [5.41, 5.74) is 2.60. The van der Waals surface area contributed by atoms with Crippen LogP contribution in [0.5, 0.6) is 0 Å². The first kappa shape index (κ1) is 13.0. The van der Waals surface area contributed by atoms with Crippen molar-refractivity contribution in [1.82, 2.24) is 14.9 Å². The molecule has 1 unspecified atom stereocenters. The first-order valence-corrected chi connectivity index (χ1v) is 6.35. The number of nitrogen functional groups attached to an aromatic ring is 1. The Morgan fingerprint density at radius 3 is 2.61 bits per heavy atom. The maximum atomic E-state index is 5.44. The SMILES string of the molecule is CC(CN(C)C)Nc1cc(NN)nc(C2CC2)n1. The van der Waals surface area contributed by atoms with Crippen molar-refractivity contribution in [3.05, 3.63) is 11.9 Å². The van der Waals surface area contributed by atoms with Crippen LogP contribution in [0.4, 0.5) is 11.6 Å². The van der Waals surface area contributed by atoms with Gasteiger partial charge in [0.2, 0.25) is 0 Å². The van der Waals surface area contributed by atoms with Crippen LogP contribution in [0.25, 0.3) is 0 Å². The van der Waals surface area contributed by atoms with Crippen LogP contribution in [-0.4, -0.2) is 41.5 Å². The van der Waals surface area contributed by atoms with Gasteiger partial charge >= 0.3 is 0 Å². The third-order valence-electron chi connectivity index (χ3n) is 2.87. The maximum Gasteiger partial charge on any atom is 0.145 e. The third kappa shape index (κ3) is 3.54. The molecule has 0 saturated heterocycles. The molecule has 4 N–H and O–H groups in total. The number of hydrogen-bond donors (Lipinski definition) is 3. The average molecular weight is 250 g/mol. The Labute approximate surface area is 108 Å². The minimum atomic E-state index is 0.326. The van der Waals surface area contributed by atoms with Gasteiger partial charge in [-0.3, -0.25) is 0 Å². The normalized spacial score (nSPS) is 16.7. The van der Waals surface area contributed by atoms with Gasteiger partial charge in [0.15, 0.2) is 0 Å². The molecule has 0 bridgehead atoms. The lowest BCUT2D eigenvalue weighted by Gasteiger charge is -2.19. The summed E-state index contributed by atoms with van der Waals surface area (Å²) in [6.07, 6.45) is 2.36. The molecule has 18 heavy (non-hydrogen) atoms. The van der Waals surface area contributed by atoms with Crippen LogP contribution in [0.3, 0.4) is 0 Å². The minimum Gasteiger partial charge on any atom is -0.366 e. The molecule has 1 heterocycles. The second-order valence-corrected chi connectivity index (χ2v) is 5.22. The highest BCUT2D eigenvalue weighted by atomic mass is 15.3. The van der Waals surface area contributed by atoms with E-state index in [2.05, 4.69) is 46.6 Å². The Morgan fingerprint density at radius 2 is 2.06 bits per heavy atom. The summed E-state index contributed by atoms with van der Waals surface area (Å²) in [5.74, 6) is 8.37. The molecule has 2 rings (SSSR count). The number of nitrogens with two attached hydrogens (primary N) is 1. The zero-order chi connectivity index (χ0) is 13.1. The lowest BCUT2D eigenvalue weighted by Crippen LogP contribution is -2.30. The lowest BCUT2D eigenvalue weighted by atomic mass is 10.3. The van der Waals surface area contributed by atoms with Crippen molar-refractivity contribution < 1.29 is 0 Å². The predicted octanol–water partition coefficient (Wildman–Crippen LogP) is 1.00. The van der Waals surface area contributed by atoms with Crippen molar-refractivity contribution >= 4 is 11.6 Å². The molecule has 6 nitrogen and oxygen atoms in total. The number of anilines is 2. The van der Waals surface area contributed by atoms with Gasteiger partial charge in [-0.05, 0) is 33.9 Å². The molecule has 0 radical (unpaired) electrons. The van der Waals surface area contributed by atoms with Gasteiger partial charge in [0, 0.05) is 24.6 Å². The number of nitrogens with one attached hydrogen (secondary N) is 2. The second-order valence-electron chi connectivity index (χ2n) is 5.22. The standard InChI is InChI=1S/C12H22N6/c1-8(7-18(2)3)14-10-6-11(17-13)16-12(15-10)9-4-5-9/h6,8-9H,4-5,7,13H2,1-3H3,(H2,14,15,16,17). The molecule has 1 aliphatic rings. The average Bonchev–Trinajstić information content (AvgIpc) is 3.10. The van der Waals surface area contributed by atoms with Gasteiger partial charge in [0.1, 0.15) is 17.5 Å². The molecule has 1 saturated carbocycles. The molecular formula is C12H22N6. The molecule has 0 aliphatic heterocycles. The summed E-state index contributed by atoms with van der Waals surface area (Å²) < 4.78 is 0. The van der Waals surface area contributed by atoms with Crippen molar-refractivity contribution in [2.45, 2.75) is 31.7 Å². The topological polar surface area (TPSA) is 79.1 Å².